The van der Waals surface area contributed by atoms with E-state index in [1.165, 1.54) is 0 Å². The summed E-state index contributed by atoms with van der Waals surface area (Å²) in [4.78, 5) is 67.8. The van der Waals surface area contributed by atoms with Crippen molar-refractivity contribution in [2.75, 3.05) is 42.7 Å². The van der Waals surface area contributed by atoms with Gasteiger partial charge in [-0.3, -0.25) is 28.8 Å². The molecule has 0 saturated heterocycles. The number of carbonyl (C=O) groups is 6. The first-order valence-corrected chi connectivity index (χ1v) is 12.6. The molecular weight excluding hydrogens is 614 g/mol. The van der Waals surface area contributed by atoms with E-state index in [1.807, 2.05) is 0 Å². The summed E-state index contributed by atoms with van der Waals surface area (Å²) in [5.74, 6) is -9.31. The van der Waals surface area contributed by atoms with Crippen molar-refractivity contribution in [2.45, 2.75) is 29.3 Å². The van der Waals surface area contributed by atoms with Crippen molar-refractivity contribution in [1.82, 2.24) is 0 Å². The van der Waals surface area contributed by atoms with Gasteiger partial charge in [0, 0.05) is 0 Å². The van der Waals surface area contributed by atoms with Gasteiger partial charge in [-0.05, 0) is 0 Å². The third-order valence-corrected chi connectivity index (χ3v) is 7.13. The van der Waals surface area contributed by atoms with E-state index < -0.39 is 91.2 Å². The molecule has 2 unspecified atom stereocenters. The standard InChI is InChI=1S/2C9H14O9S.2Na/c1-16-6(10)4-9(8(12)18-3,19(13,14)15)5-7(11)17-2;1-16-6(10)4-5(8(11)17-2)7(9(12)18-3)19(13,14)15;;/h4-5H2,1-3H3,(H,13,14,15);5,7H,4H2,1-3H3,(H,13,14,15);;/q;;2*+1/p-2. The van der Waals surface area contributed by atoms with E-state index in [1.54, 1.807) is 0 Å². The molecule has 0 N–H and O–H groups in total. The number of rotatable bonds is 12. The first-order chi connectivity index (χ1) is 17.3. The number of hydrogen-bond donors (Lipinski definition) is 0. The maximum Gasteiger partial charge on any atom is 1.00 e. The minimum absolute atomic E-state index is 0. The van der Waals surface area contributed by atoms with Crippen LogP contribution in [-0.2, 0) is 77.4 Å². The number of ether oxygens (including phenoxy) is 6. The van der Waals surface area contributed by atoms with Crippen molar-refractivity contribution in [3.05, 3.63) is 0 Å². The smallest absolute Gasteiger partial charge is 0.747 e. The van der Waals surface area contributed by atoms with Crippen LogP contribution >= 0.6 is 0 Å². The van der Waals surface area contributed by atoms with Gasteiger partial charge in [-0.15, -0.1) is 0 Å². The van der Waals surface area contributed by atoms with Crippen molar-refractivity contribution in [3.8, 4) is 0 Å². The Kier molecular flexibility index (Phi) is 23.4. The van der Waals surface area contributed by atoms with Crippen molar-refractivity contribution >= 4 is 56.1 Å². The molecular formula is C18H26Na2O18S2. The first-order valence-electron chi connectivity index (χ1n) is 9.68. The minimum atomic E-state index is -5.37. The van der Waals surface area contributed by atoms with Gasteiger partial charge in [0.25, 0.3) is 0 Å². The monoisotopic (exact) mass is 640 g/mol. The van der Waals surface area contributed by atoms with Gasteiger partial charge in [-0.2, -0.15) is 0 Å². The second kappa shape index (κ2) is 20.5. The molecule has 0 spiro atoms. The van der Waals surface area contributed by atoms with E-state index in [2.05, 4.69) is 28.4 Å². The normalized spacial score (nSPS) is 12.2. The molecule has 0 rings (SSSR count). The zero-order chi connectivity index (χ0) is 30.5. The summed E-state index contributed by atoms with van der Waals surface area (Å²) >= 11 is 0. The van der Waals surface area contributed by atoms with Crippen molar-refractivity contribution < 1.29 is 142 Å². The SMILES string of the molecule is COC(=O)CC(C(=O)OC)C(C(=O)OC)S(=O)(=O)[O-].COC(=O)CC(CC(=O)OC)(C(=O)OC)S(=O)(=O)[O-].[Na+].[Na+]. The quantitative estimate of drug-likeness (QED) is 0.0828. The van der Waals surface area contributed by atoms with Gasteiger partial charge in [0.15, 0.2) is 10.00 Å². The molecule has 0 radical (unpaired) electrons. The molecule has 0 aliphatic heterocycles. The number of esters is 6. The topological polar surface area (TPSA) is 272 Å². The second-order valence-corrected chi connectivity index (χ2v) is 9.98. The van der Waals surface area contributed by atoms with E-state index in [-0.39, 0.29) is 59.1 Å². The summed E-state index contributed by atoms with van der Waals surface area (Å²) in [5.41, 5.74) is 0. The van der Waals surface area contributed by atoms with E-state index in [4.69, 9.17) is 0 Å². The molecule has 220 valence electrons. The van der Waals surface area contributed by atoms with Gasteiger partial charge in [0.2, 0.25) is 0 Å². The maximum atomic E-state index is 11.6. The molecule has 40 heavy (non-hydrogen) atoms. The van der Waals surface area contributed by atoms with Gasteiger partial charge in [0.05, 0.1) is 67.8 Å². The molecule has 0 saturated carbocycles. The number of carbonyl (C=O) groups excluding carboxylic acids is 6. The van der Waals surface area contributed by atoms with E-state index in [0.717, 1.165) is 42.7 Å². The van der Waals surface area contributed by atoms with Crippen LogP contribution in [0.2, 0.25) is 0 Å². The predicted octanol–water partition coefficient (Wildman–Crippen LogP) is -9.00. The molecule has 2 atom stereocenters. The van der Waals surface area contributed by atoms with Crippen LogP contribution in [0.1, 0.15) is 19.3 Å². The van der Waals surface area contributed by atoms with Crippen LogP contribution in [0.25, 0.3) is 0 Å². The summed E-state index contributed by atoms with van der Waals surface area (Å²) < 4.78 is 89.4. The van der Waals surface area contributed by atoms with E-state index in [0.29, 0.717) is 0 Å². The van der Waals surface area contributed by atoms with Crippen LogP contribution in [0.3, 0.4) is 0 Å². The Balaban J connectivity index is -0.000000309. The van der Waals surface area contributed by atoms with Crippen LogP contribution in [0.5, 0.6) is 0 Å². The summed E-state index contributed by atoms with van der Waals surface area (Å²) in [7, 11) is -5.16. The van der Waals surface area contributed by atoms with Crippen LogP contribution in [0, 0.1) is 5.92 Å². The summed E-state index contributed by atoms with van der Waals surface area (Å²) in [6.07, 6.45) is -3.08. The molecule has 0 aromatic rings. The van der Waals surface area contributed by atoms with Crippen molar-refractivity contribution in [2.24, 2.45) is 5.92 Å². The zero-order valence-electron chi connectivity index (χ0n) is 22.9. The Morgan fingerprint density at radius 2 is 1.00 bits per heavy atom. The summed E-state index contributed by atoms with van der Waals surface area (Å²) in [5, 5.41) is -2.37. The molecule has 0 aromatic heterocycles. The molecule has 0 aromatic carbocycles. The summed E-state index contributed by atoms with van der Waals surface area (Å²) in [6.45, 7) is 0. The third-order valence-electron chi connectivity index (χ3n) is 4.58. The van der Waals surface area contributed by atoms with Gasteiger partial charge in [-0.1, -0.05) is 0 Å². The van der Waals surface area contributed by atoms with Gasteiger partial charge in [0.1, 0.15) is 20.2 Å². The number of methoxy groups -OCH3 is 6. The molecule has 0 amide bonds. The van der Waals surface area contributed by atoms with Crippen LogP contribution < -0.4 is 59.1 Å². The van der Waals surface area contributed by atoms with Gasteiger partial charge >= 0.3 is 94.9 Å². The largest absolute Gasteiger partial charge is 1.00 e. The zero-order valence-corrected chi connectivity index (χ0v) is 28.6. The molecule has 22 heteroatoms. The molecule has 0 bridgehead atoms. The van der Waals surface area contributed by atoms with Crippen LogP contribution in [-0.4, -0.2) is 114 Å². The fourth-order valence-electron chi connectivity index (χ4n) is 2.61. The molecule has 0 aliphatic carbocycles. The summed E-state index contributed by atoms with van der Waals surface area (Å²) in [6, 6.07) is 0. The Hall–Kier alpha value is -1.36. The Morgan fingerprint density at radius 1 is 0.625 bits per heavy atom. The Morgan fingerprint density at radius 3 is 1.25 bits per heavy atom. The molecule has 0 heterocycles. The Labute approximate surface area is 274 Å². The fraction of sp³-hybridized carbons (Fsp3) is 0.667. The van der Waals surface area contributed by atoms with Gasteiger partial charge < -0.3 is 37.5 Å². The minimum Gasteiger partial charge on any atom is -0.747 e. The molecule has 18 nitrogen and oxygen atoms in total. The van der Waals surface area contributed by atoms with E-state index in [9.17, 15) is 54.7 Å². The van der Waals surface area contributed by atoms with E-state index >= 15 is 0 Å². The van der Waals surface area contributed by atoms with Crippen LogP contribution in [0.4, 0.5) is 0 Å². The fourth-order valence-corrected chi connectivity index (χ4v) is 4.43. The second-order valence-electron chi connectivity index (χ2n) is 6.79. The van der Waals surface area contributed by atoms with Crippen molar-refractivity contribution in [3.63, 3.8) is 0 Å². The first kappa shape index (κ1) is 45.6. The molecule has 0 fully saturated rings. The van der Waals surface area contributed by atoms with Crippen LogP contribution in [0.15, 0.2) is 0 Å². The third kappa shape index (κ3) is 14.0. The van der Waals surface area contributed by atoms with Gasteiger partial charge in [-0.25, -0.2) is 16.8 Å². The molecule has 0 aliphatic rings. The predicted molar refractivity (Wildman–Crippen MR) is 115 cm³/mol. The number of hydrogen-bond acceptors (Lipinski definition) is 18. The Bertz CT molecular complexity index is 1080. The van der Waals surface area contributed by atoms with Crippen molar-refractivity contribution in [1.29, 1.82) is 0 Å². The maximum absolute atomic E-state index is 11.6. The average Bonchev–Trinajstić information content (AvgIpc) is 2.84. The average molecular weight is 641 g/mol.